The first kappa shape index (κ1) is 10.7. The fourth-order valence-corrected chi connectivity index (χ4v) is 3.25. The zero-order valence-corrected chi connectivity index (χ0v) is 9.00. The number of carbonyl (C=O) groups is 2. The van der Waals surface area contributed by atoms with Crippen molar-refractivity contribution in [2.24, 2.45) is 11.3 Å². The van der Waals surface area contributed by atoms with Crippen molar-refractivity contribution in [3.63, 3.8) is 0 Å². The molecule has 0 bridgehead atoms. The van der Waals surface area contributed by atoms with Crippen LogP contribution in [-0.4, -0.2) is 16.9 Å². The topological polar surface area (TPSA) is 54.4 Å². The quantitative estimate of drug-likeness (QED) is 0.761. The third-order valence-electron chi connectivity index (χ3n) is 4.26. The second-order valence-corrected chi connectivity index (χ2v) is 4.98. The van der Waals surface area contributed by atoms with Gasteiger partial charge < -0.3 is 5.11 Å². The van der Waals surface area contributed by atoms with Crippen LogP contribution in [0.3, 0.4) is 0 Å². The normalized spacial score (nSPS) is 26.8. The summed E-state index contributed by atoms with van der Waals surface area (Å²) in [6.45, 7) is 0. The van der Waals surface area contributed by atoms with Gasteiger partial charge >= 0.3 is 5.97 Å². The van der Waals surface area contributed by atoms with E-state index in [1.54, 1.807) is 0 Å². The molecule has 0 aromatic carbocycles. The van der Waals surface area contributed by atoms with Crippen molar-refractivity contribution < 1.29 is 14.7 Å². The Morgan fingerprint density at radius 1 is 1.20 bits per heavy atom. The smallest absolute Gasteiger partial charge is 0.309 e. The zero-order chi connectivity index (χ0) is 10.9. The summed E-state index contributed by atoms with van der Waals surface area (Å²) in [7, 11) is 0. The summed E-state index contributed by atoms with van der Waals surface area (Å²) in [5, 5.41) is 9.42. The predicted molar refractivity (Wildman–Crippen MR) is 55.5 cm³/mol. The molecular weight excluding hydrogens is 192 g/mol. The number of hydrogen-bond acceptors (Lipinski definition) is 2. The van der Waals surface area contributed by atoms with Gasteiger partial charge in [0.15, 0.2) is 0 Å². The van der Waals surface area contributed by atoms with Gasteiger partial charge in [-0.25, -0.2) is 0 Å². The molecule has 2 saturated carbocycles. The van der Waals surface area contributed by atoms with Crippen LogP contribution in [0, 0.1) is 11.3 Å². The van der Waals surface area contributed by atoms with Crippen LogP contribution < -0.4 is 0 Å². The molecule has 2 fully saturated rings. The van der Waals surface area contributed by atoms with Crippen LogP contribution in [0.5, 0.6) is 0 Å². The minimum absolute atomic E-state index is 0.241. The van der Waals surface area contributed by atoms with Gasteiger partial charge in [0.05, 0.1) is 5.41 Å². The molecule has 3 heteroatoms. The summed E-state index contributed by atoms with van der Waals surface area (Å²) in [5.41, 5.74) is -0.565. The Kier molecular flexibility index (Phi) is 2.81. The molecule has 0 aromatic heterocycles. The van der Waals surface area contributed by atoms with E-state index in [9.17, 15) is 14.7 Å². The number of carbonyl (C=O) groups excluding carboxylic acids is 1. The Morgan fingerprint density at radius 3 is 2.20 bits per heavy atom. The minimum Gasteiger partial charge on any atom is -0.481 e. The van der Waals surface area contributed by atoms with Gasteiger partial charge in [-0.2, -0.15) is 0 Å². The van der Waals surface area contributed by atoms with E-state index in [4.69, 9.17) is 0 Å². The summed E-state index contributed by atoms with van der Waals surface area (Å²) in [5.74, 6) is -0.102. The van der Waals surface area contributed by atoms with Gasteiger partial charge in [-0.1, -0.05) is 12.8 Å². The van der Waals surface area contributed by atoms with Crippen LogP contribution in [0.4, 0.5) is 0 Å². The van der Waals surface area contributed by atoms with Gasteiger partial charge in [-0.15, -0.1) is 0 Å². The van der Waals surface area contributed by atoms with Crippen molar-refractivity contribution in [1.29, 1.82) is 0 Å². The van der Waals surface area contributed by atoms with Crippen LogP contribution >= 0.6 is 0 Å². The summed E-state index contributed by atoms with van der Waals surface area (Å²) < 4.78 is 0. The summed E-state index contributed by atoms with van der Waals surface area (Å²) in [6, 6.07) is 0. The van der Waals surface area contributed by atoms with E-state index < -0.39 is 11.4 Å². The molecule has 84 valence electrons. The Hall–Kier alpha value is -0.860. The van der Waals surface area contributed by atoms with Gasteiger partial charge in [-0.3, -0.25) is 9.59 Å². The number of aliphatic carboxylic acids is 1. The molecule has 0 radical (unpaired) electrons. The van der Waals surface area contributed by atoms with E-state index >= 15 is 0 Å². The first-order chi connectivity index (χ1) is 7.15. The second-order valence-electron chi connectivity index (χ2n) is 4.98. The number of carboxylic acids is 1. The van der Waals surface area contributed by atoms with Gasteiger partial charge in [0.2, 0.25) is 0 Å². The molecule has 0 saturated heterocycles. The molecule has 0 unspecified atom stereocenters. The number of hydrogen-bond donors (Lipinski definition) is 1. The van der Waals surface area contributed by atoms with E-state index in [-0.39, 0.29) is 5.78 Å². The molecule has 0 atom stereocenters. The van der Waals surface area contributed by atoms with Crippen LogP contribution in [0.25, 0.3) is 0 Å². The zero-order valence-electron chi connectivity index (χ0n) is 9.00. The molecule has 0 amide bonds. The van der Waals surface area contributed by atoms with Crippen molar-refractivity contribution >= 4 is 11.8 Å². The Balaban J connectivity index is 2.16. The number of carboxylic acid groups (broad SMARTS) is 1. The molecule has 0 spiro atoms. The molecule has 2 aliphatic rings. The lowest BCUT2D eigenvalue weighted by Crippen LogP contribution is -2.41. The molecule has 0 heterocycles. The average Bonchev–Trinajstić information content (AvgIpc) is 2.72. The Bertz CT molecular complexity index is 267. The number of Topliss-reactive ketones (excluding diaryl/α,β-unsaturated/α-hetero) is 1. The maximum atomic E-state index is 11.5. The number of rotatable bonds is 2. The first-order valence-electron chi connectivity index (χ1n) is 5.90. The summed E-state index contributed by atoms with van der Waals surface area (Å²) in [4.78, 5) is 22.7. The van der Waals surface area contributed by atoms with Crippen molar-refractivity contribution in [3.8, 4) is 0 Å². The van der Waals surface area contributed by atoms with Crippen molar-refractivity contribution in [3.05, 3.63) is 0 Å². The van der Waals surface area contributed by atoms with E-state index in [2.05, 4.69) is 0 Å². The van der Waals surface area contributed by atoms with E-state index in [0.29, 0.717) is 31.6 Å². The van der Waals surface area contributed by atoms with Crippen molar-refractivity contribution in [1.82, 2.24) is 0 Å². The van der Waals surface area contributed by atoms with E-state index in [1.165, 1.54) is 0 Å². The Labute approximate surface area is 89.9 Å². The molecule has 1 N–H and O–H groups in total. The highest BCUT2D eigenvalue weighted by Crippen LogP contribution is 2.48. The van der Waals surface area contributed by atoms with Crippen LogP contribution in [0.1, 0.15) is 51.4 Å². The van der Waals surface area contributed by atoms with Crippen LogP contribution in [0.15, 0.2) is 0 Å². The SMILES string of the molecule is O=C1CCC(C(=O)O)(C2CCCC2)CC1. The molecular formula is C12H18O3. The molecule has 0 aliphatic heterocycles. The largest absolute Gasteiger partial charge is 0.481 e. The van der Waals surface area contributed by atoms with Crippen LogP contribution in [-0.2, 0) is 9.59 Å². The first-order valence-corrected chi connectivity index (χ1v) is 5.90. The fraction of sp³-hybridized carbons (Fsp3) is 0.833. The molecule has 0 aromatic rings. The Morgan fingerprint density at radius 2 is 1.73 bits per heavy atom. The minimum atomic E-state index is -0.665. The predicted octanol–water partition coefficient (Wildman–Crippen LogP) is 2.39. The maximum absolute atomic E-state index is 11.5. The highest BCUT2D eigenvalue weighted by atomic mass is 16.4. The van der Waals surface area contributed by atoms with Crippen molar-refractivity contribution in [2.45, 2.75) is 51.4 Å². The van der Waals surface area contributed by atoms with Gasteiger partial charge in [0.1, 0.15) is 5.78 Å². The summed E-state index contributed by atoms with van der Waals surface area (Å²) in [6.07, 6.45) is 6.51. The van der Waals surface area contributed by atoms with E-state index in [1.807, 2.05) is 0 Å². The molecule has 2 rings (SSSR count). The van der Waals surface area contributed by atoms with E-state index in [0.717, 1.165) is 25.7 Å². The molecule has 2 aliphatic carbocycles. The third-order valence-corrected chi connectivity index (χ3v) is 4.26. The third kappa shape index (κ3) is 1.80. The van der Waals surface area contributed by atoms with Gasteiger partial charge in [0, 0.05) is 12.8 Å². The monoisotopic (exact) mass is 210 g/mol. The molecule has 15 heavy (non-hydrogen) atoms. The average molecular weight is 210 g/mol. The lowest BCUT2D eigenvalue weighted by atomic mass is 9.65. The second kappa shape index (κ2) is 3.95. The van der Waals surface area contributed by atoms with Gasteiger partial charge in [0.25, 0.3) is 0 Å². The van der Waals surface area contributed by atoms with Gasteiger partial charge in [-0.05, 0) is 31.6 Å². The van der Waals surface area contributed by atoms with Crippen molar-refractivity contribution in [2.75, 3.05) is 0 Å². The maximum Gasteiger partial charge on any atom is 0.309 e. The summed E-state index contributed by atoms with van der Waals surface area (Å²) >= 11 is 0. The number of ketones is 1. The lowest BCUT2D eigenvalue weighted by molar-refractivity contribution is -0.156. The fourth-order valence-electron chi connectivity index (χ4n) is 3.25. The highest BCUT2D eigenvalue weighted by Gasteiger charge is 2.48. The lowest BCUT2D eigenvalue weighted by Gasteiger charge is -2.37. The van der Waals surface area contributed by atoms with Crippen LogP contribution in [0.2, 0.25) is 0 Å². The molecule has 3 nitrogen and oxygen atoms in total. The highest BCUT2D eigenvalue weighted by molar-refractivity contribution is 5.84. The standard InChI is InChI=1S/C12H18O3/c13-10-5-7-12(8-6-10,11(14)15)9-3-1-2-4-9/h9H,1-8H2,(H,14,15).